The van der Waals surface area contributed by atoms with Crippen molar-refractivity contribution in [1.29, 1.82) is 0 Å². The summed E-state index contributed by atoms with van der Waals surface area (Å²) in [4.78, 5) is 0. The van der Waals surface area contributed by atoms with Crippen LogP contribution in [0.3, 0.4) is 0 Å². The minimum Gasteiger partial charge on any atom is -0.317 e. The monoisotopic (exact) mass is 236 g/mol. The van der Waals surface area contributed by atoms with Crippen LogP contribution in [-0.4, -0.2) is 34.3 Å². The first-order valence-corrected chi connectivity index (χ1v) is 5.19. The minimum absolute atomic E-state index is 0.132. The van der Waals surface area contributed by atoms with Gasteiger partial charge in [-0.25, -0.2) is 0 Å². The van der Waals surface area contributed by atoms with E-state index in [1.54, 1.807) is 17.1 Å². The molecular weight excluding hydrogens is 221 g/mol. The summed E-state index contributed by atoms with van der Waals surface area (Å²) in [5.41, 5.74) is 0. The number of aromatic nitrogens is 3. The quantitative estimate of drug-likeness (QED) is 0.731. The van der Waals surface area contributed by atoms with E-state index in [0.717, 1.165) is 13.0 Å². The molecule has 92 valence electrons. The standard InChI is InChI=1S/C9H15F3N4/c10-9(11,12)3-1-4-13-5-2-7-16-8-6-14-15-16/h6,8,13H,1-5,7H2. The van der Waals surface area contributed by atoms with Gasteiger partial charge in [0.1, 0.15) is 0 Å². The van der Waals surface area contributed by atoms with Crippen LogP contribution in [0.5, 0.6) is 0 Å². The van der Waals surface area contributed by atoms with Crippen molar-refractivity contribution in [1.82, 2.24) is 20.3 Å². The zero-order valence-electron chi connectivity index (χ0n) is 8.87. The van der Waals surface area contributed by atoms with Gasteiger partial charge in [0.05, 0.1) is 6.20 Å². The number of nitrogens with zero attached hydrogens (tertiary/aromatic N) is 3. The van der Waals surface area contributed by atoms with Gasteiger partial charge >= 0.3 is 6.18 Å². The van der Waals surface area contributed by atoms with Crippen LogP contribution in [0, 0.1) is 0 Å². The highest BCUT2D eigenvalue weighted by molar-refractivity contribution is 4.64. The molecule has 0 spiro atoms. The second-order valence-electron chi connectivity index (χ2n) is 3.49. The van der Waals surface area contributed by atoms with Crippen LogP contribution in [0.2, 0.25) is 0 Å². The van der Waals surface area contributed by atoms with Crippen molar-refractivity contribution in [3.63, 3.8) is 0 Å². The van der Waals surface area contributed by atoms with E-state index in [1.165, 1.54) is 0 Å². The predicted molar refractivity (Wildman–Crippen MR) is 52.8 cm³/mol. The Morgan fingerprint density at radius 2 is 1.94 bits per heavy atom. The third-order valence-electron chi connectivity index (χ3n) is 2.03. The van der Waals surface area contributed by atoms with E-state index in [1.807, 2.05) is 0 Å². The summed E-state index contributed by atoms with van der Waals surface area (Å²) >= 11 is 0. The van der Waals surface area contributed by atoms with E-state index in [4.69, 9.17) is 0 Å². The molecule has 4 nitrogen and oxygen atoms in total. The molecule has 0 saturated heterocycles. The van der Waals surface area contributed by atoms with E-state index in [0.29, 0.717) is 13.1 Å². The molecule has 1 N–H and O–H groups in total. The van der Waals surface area contributed by atoms with E-state index in [2.05, 4.69) is 15.6 Å². The molecule has 0 aliphatic carbocycles. The first kappa shape index (κ1) is 13.0. The van der Waals surface area contributed by atoms with Gasteiger partial charge in [0.25, 0.3) is 0 Å². The van der Waals surface area contributed by atoms with E-state index in [-0.39, 0.29) is 6.42 Å². The largest absolute Gasteiger partial charge is 0.389 e. The van der Waals surface area contributed by atoms with Crippen LogP contribution in [-0.2, 0) is 6.54 Å². The first-order chi connectivity index (χ1) is 7.58. The zero-order valence-corrected chi connectivity index (χ0v) is 8.87. The fourth-order valence-electron chi connectivity index (χ4n) is 1.26. The highest BCUT2D eigenvalue weighted by Gasteiger charge is 2.25. The molecule has 1 aromatic rings. The molecule has 1 rings (SSSR count). The van der Waals surface area contributed by atoms with Crippen LogP contribution in [0.15, 0.2) is 12.4 Å². The van der Waals surface area contributed by atoms with Gasteiger partial charge in [-0.2, -0.15) is 13.2 Å². The van der Waals surface area contributed by atoms with Crippen LogP contribution < -0.4 is 5.32 Å². The van der Waals surface area contributed by atoms with Crippen LogP contribution in [0.1, 0.15) is 19.3 Å². The van der Waals surface area contributed by atoms with Gasteiger partial charge in [-0.05, 0) is 25.9 Å². The van der Waals surface area contributed by atoms with Gasteiger partial charge in [-0.3, -0.25) is 4.68 Å². The van der Waals surface area contributed by atoms with Crippen molar-refractivity contribution in [3.05, 3.63) is 12.4 Å². The Bertz CT molecular complexity index is 271. The Morgan fingerprint density at radius 3 is 2.56 bits per heavy atom. The lowest BCUT2D eigenvalue weighted by atomic mass is 10.3. The maximum absolute atomic E-state index is 11.8. The molecule has 0 radical (unpaired) electrons. The molecule has 0 aliphatic heterocycles. The van der Waals surface area contributed by atoms with Crippen molar-refractivity contribution >= 4 is 0 Å². The van der Waals surface area contributed by atoms with Crippen LogP contribution >= 0.6 is 0 Å². The van der Waals surface area contributed by atoms with Crippen molar-refractivity contribution in [3.8, 4) is 0 Å². The molecule has 0 unspecified atom stereocenters. The highest BCUT2D eigenvalue weighted by Crippen LogP contribution is 2.20. The average Bonchev–Trinajstić information content (AvgIpc) is 2.67. The predicted octanol–water partition coefficient (Wildman–Crippen LogP) is 1.60. The van der Waals surface area contributed by atoms with Gasteiger partial charge in [-0.1, -0.05) is 5.21 Å². The molecule has 0 amide bonds. The molecule has 1 heterocycles. The highest BCUT2D eigenvalue weighted by atomic mass is 19.4. The molecule has 0 aromatic carbocycles. The third kappa shape index (κ3) is 6.39. The number of hydrogen-bond acceptors (Lipinski definition) is 3. The second-order valence-corrected chi connectivity index (χ2v) is 3.49. The number of hydrogen-bond donors (Lipinski definition) is 1. The lowest BCUT2D eigenvalue weighted by Gasteiger charge is -2.07. The molecular formula is C9H15F3N4. The zero-order chi connectivity index (χ0) is 11.9. The average molecular weight is 236 g/mol. The summed E-state index contributed by atoms with van der Waals surface area (Å²) in [6.45, 7) is 1.82. The Labute approximate surface area is 91.8 Å². The SMILES string of the molecule is FC(F)(F)CCCNCCCn1ccnn1. The molecule has 0 saturated carbocycles. The second kappa shape index (κ2) is 6.47. The van der Waals surface area contributed by atoms with E-state index < -0.39 is 12.6 Å². The normalized spacial score (nSPS) is 11.9. The molecule has 0 atom stereocenters. The van der Waals surface area contributed by atoms with Crippen LogP contribution in [0.4, 0.5) is 13.2 Å². The fraction of sp³-hybridized carbons (Fsp3) is 0.778. The molecule has 0 bridgehead atoms. The van der Waals surface area contributed by atoms with E-state index >= 15 is 0 Å². The number of halogens is 3. The molecule has 16 heavy (non-hydrogen) atoms. The lowest BCUT2D eigenvalue weighted by molar-refractivity contribution is -0.135. The van der Waals surface area contributed by atoms with Gasteiger partial charge in [0, 0.05) is 19.2 Å². The molecule has 0 aliphatic rings. The van der Waals surface area contributed by atoms with Crippen molar-refractivity contribution in [2.75, 3.05) is 13.1 Å². The summed E-state index contributed by atoms with van der Waals surface area (Å²) in [7, 11) is 0. The topological polar surface area (TPSA) is 42.7 Å². The summed E-state index contributed by atoms with van der Waals surface area (Å²) in [5, 5.41) is 10.4. The molecule has 1 aromatic heterocycles. The fourth-order valence-corrected chi connectivity index (χ4v) is 1.26. The van der Waals surface area contributed by atoms with Crippen LogP contribution in [0.25, 0.3) is 0 Å². The minimum atomic E-state index is -4.04. The van der Waals surface area contributed by atoms with Gasteiger partial charge < -0.3 is 5.32 Å². The Hall–Kier alpha value is -1.11. The third-order valence-corrected chi connectivity index (χ3v) is 2.03. The maximum atomic E-state index is 11.8. The summed E-state index contributed by atoms with van der Waals surface area (Å²) in [6.07, 6.45) is -0.450. The van der Waals surface area contributed by atoms with Crippen molar-refractivity contribution in [2.24, 2.45) is 0 Å². The Morgan fingerprint density at radius 1 is 1.19 bits per heavy atom. The number of nitrogens with one attached hydrogen (secondary N) is 1. The number of alkyl halides is 3. The van der Waals surface area contributed by atoms with E-state index in [9.17, 15) is 13.2 Å². The summed E-state index contributed by atoms with van der Waals surface area (Å²) < 4.78 is 37.0. The van der Waals surface area contributed by atoms with Crippen molar-refractivity contribution < 1.29 is 13.2 Å². The smallest absolute Gasteiger partial charge is 0.317 e. The molecule has 0 fully saturated rings. The molecule has 7 heteroatoms. The summed E-state index contributed by atoms with van der Waals surface area (Å²) in [5.74, 6) is 0. The van der Waals surface area contributed by atoms with Gasteiger partial charge in [0.15, 0.2) is 0 Å². The number of rotatable bonds is 7. The first-order valence-electron chi connectivity index (χ1n) is 5.19. The maximum Gasteiger partial charge on any atom is 0.389 e. The van der Waals surface area contributed by atoms with Gasteiger partial charge in [-0.15, -0.1) is 5.10 Å². The summed E-state index contributed by atoms with van der Waals surface area (Å²) in [6, 6.07) is 0. The van der Waals surface area contributed by atoms with Gasteiger partial charge in [0.2, 0.25) is 0 Å². The number of aryl methyl sites for hydroxylation is 1. The lowest BCUT2D eigenvalue weighted by Crippen LogP contribution is -2.20. The Kier molecular flexibility index (Phi) is 5.24. The van der Waals surface area contributed by atoms with Crippen molar-refractivity contribution in [2.45, 2.75) is 32.0 Å². The Balaban J connectivity index is 1.89.